The second-order valence-electron chi connectivity index (χ2n) is 6.43. The number of benzene rings is 1. The lowest BCUT2D eigenvalue weighted by atomic mass is 9.99. The number of hydrazone groups is 1. The van der Waals surface area contributed by atoms with Gasteiger partial charge in [0.05, 0.1) is 31.0 Å². The third-order valence-corrected chi connectivity index (χ3v) is 4.61. The quantitative estimate of drug-likeness (QED) is 0.276. The van der Waals surface area contributed by atoms with Gasteiger partial charge in [-0.15, -0.1) is 0 Å². The Kier molecular flexibility index (Phi) is 6.46. The molecule has 7 nitrogen and oxygen atoms in total. The fourth-order valence-electron chi connectivity index (χ4n) is 2.96. The van der Waals surface area contributed by atoms with Gasteiger partial charge >= 0.3 is 5.97 Å². The van der Waals surface area contributed by atoms with E-state index in [4.69, 9.17) is 9.47 Å². The number of carbonyl (C=O) groups is 1. The van der Waals surface area contributed by atoms with E-state index in [0.29, 0.717) is 35.1 Å². The highest BCUT2D eigenvalue weighted by Gasteiger charge is 2.33. The number of ether oxygens (including phenoxy) is 2. The Morgan fingerprint density at radius 3 is 3.00 bits per heavy atom. The first kappa shape index (κ1) is 20.8. The average molecular weight is 413 g/mol. The van der Waals surface area contributed by atoms with Gasteiger partial charge in [0.15, 0.2) is 0 Å². The van der Waals surface area contributed by atoms with Crippen molar-refractivity contribution in [1.82, 2.24) is 5.43 Å². The molecule has 3 rings (SSSR count). The van der Waals surface area contributed by atoms with E-state index in [2.05, 4.69) is 29.7 Å². The molecule has 8 heteroatoms. The third-order valence-electron chi connectivity index (χ3n) is 4.43. The molecule has 1 unspecified atom stereocenters. The Morgan fingerprint density at radius 1 is 1.48 bits per heavy atom. The first-order chi connectivity index (χ1) is 13.9. The van der Waals surface area contributed by atoms with Gasteiger partial charge in [0.1, 0.15) is 17.2 Å². The predicted octanol–water partition coefficient (Wildman–Crippen LogP) is 2.89. The van der Waals surface area contributed by atoms with Crippen LogP contribution in [0.4, 0.5) is 5.69 Å². The number of carbonyl (C=O) groups excluding carboxylic acids is 1. The van der Waals surface area contributed by atoms with Crippen LogP contribution in [0.25, 0.3) is 6.08 Å². The topological polar surface area (TPSA) is 83.4 Å². The first-order valence-electron chi connectivity index (χ1n) is 9.00. The summed E-state index contributed by atoms with van der Waals surface area (Å²) < 4.78 is 10.2. The summed E-state index contributed by atoms with van der Waals surface area (Å²) in [5.41, 5.74) is 6.29. The molecule has 0 saturated carbocycles. The molecule has 29 heavy (non-hydrogen) atoms. The predicted molar refractivity (Wildman–Crippen MR) is 117 cm³/mol. The Bertz CT molecular complexity index is 949. The molecule has 0 aromatic heterocycles. The summed E-state index contributed by atoms with van der Waals surface area (Å²) in [7, 11) is 1.33. The summed E-state index contributed by atoms with van der Waals surface area (Å²) in [6.07, 6.45) is 8.88. The minimum absolute atomic E-state index is 0.0419. The number of hydrogen-bond acceptors (Lipinski definition) is 8. The molecule has 0 radical (unpaired) electrons. The van der Waals surface area contributed by atoms with Gasteiger partial charge in [0, 0.05) is 5.75 Å². The number of nitrogens with one attached hydrogen (secondary N) is 1. The van der Waals surface area contributed by atoms with Crippen molar-refractivity contribution in [3.63, 3.8) is 0 Å². The molecule has 2 aliphatic rings. The maximum atomic E-state index is 12.0. The number of nitrogens with zero attached hydrogens (tertiary/aromatic N) is 2. The van der Waals surface area contributed by atoms with Crippen molar-refractivity contribution in [2.45, 2.75) is 13.0 Å². The highest BCUT2D eigenvalue weighted by atomic mass is 32.1. The van der Waals surface area contributed by atoms with E-state index in [-0.39, 0.29) is 11.8 Å². The van der Waals surface area contributed by atoms with Crippen molar-refractivity contribution in [1.29, 1.82) is 0 Å². The van der Waals surface area contributed by atoms with Crippen LogP contribution in [0.2, 0.25) is 0 Å². The number of thiol groups is 1. The van der Waals surface area contributed by atoms with E-state index in [1.807, 2.05) is 25.1 Å². The Labute approximate surface area is 175 Å². The number of phenols is 1. The van der Waals surface area contributed by atoms with Gasteiger partial charge in [-0.3, -0.25) is 0 Å². The second-order valence-corrected chi connectivity index (χ2v) is 6.88. The molecule has 152 valence electrons. The molecule has 0 spiro atoms. The zero-order chi connectivity index (χ0) is 21.0. The third kappa shape index (κ3) is 4.55. The molecule has 0 bridgehead atoms. The summed E-state index contributed by atoms with van der Waals surface area (Å²) in [6.45, 7) is 6.23. The molecule has 1 aliphatic carbocycles. The van der Waals surface area contributed by atoms with Gasteiger partial charge in [-0.2, -0.15) is 28.3 Å². The van der Waals surface area contributed by atoms with E-state index in [9.17, 15) is 9.90 Å². The van der Waals surface area contributed by atoms with Gasteiger partial charge in [0.25, 0.3) is 0 Å². The number of fused-ring (bicyclic) bond motifs is 1. The summed E-state index contributed by atoms with van der Waals surface area (Å²) >= 11 is 4.09. The SMILES string of the molecule is C=C(/C=C\c1cc(O)c(N2N=C3C(C(=O)OC)=CC=CC3N2)cc1C)OCCS. The number of aromatic hydroxyl groups is 1. The lowest BCUT2D eigenvalue weighted by Crippen LogP contribution is -2.38. The number of phenolic OH excluding ortho intramolecular Hbond substituents is 1. The van der Waals surface area contributed by atoms with E-state index >= 15 is 0 Å². The molecule has 2 N–H and O–H groups in total. The number of hydrazine groups is 1. The lowest BCUT2D eigenvalue weighted by Gasteiger charge is -2.19. The molecular weight excluding hydrogens is 390 g/mol. The van der Waals surface area contributed by atoms with Crippen molar-refractivity contribution in [3.05, 3.63) is 65.5 Å². The van der Waals surface area contributed by atoms with Crippen LogP contribution in [-0.2, 0) is 14.3 Å². The fraction of sp³-hybridized carbons (Fsp3) is 0.238. The van der Waals surface area contributed by atoms with E-state index < -0.39 is 5.97 Å². The first-order valence-corrected chi connectivity index (χ1v) is 9.64. The zero-order valence-electron chi connectivity index (χ0n) is 16.3. The minimum Gasteiger partial charge on any atom is -0.506 e. The number of anilines is 1. The molecule has 0 saturated heterocycles. The van der Waals surface area contributed by atoms with Crippen LogP contribution < -0.4 is 10.5 Å². The molecule has 1 aliphatic heterocycles. The molecule has 1 aromatic rings. The van der Waals surface area contributed by atoms with Gasteiger partial charge in [-0.25, -0.2) is 4.79 Å². The summed E-state index contributed by atoms with van der Waals surface area (Å²) in [5.74, 6) is 0.714. The molecule has 1 aromatic carbocycles. The van der Waals surface area contributed by atoms with Crippen molar-refractivity contribution in [2.75, 3.05) is 24.6 Å². The number of methoxy groups -OCH3 is 1. The van der Waals surface area contributed by atoms with Gasteiger partial charge in [-0.1, -0.05) is 24.8 Å². The lowest BCUT2D eigenvalue weighted by molar-refractivity contribution is -0.135. The van der Waals surface area contributed by atoms with Gasteiger partial charge < -0.3 is 14.6 Å². The van der Waals surface area contributed by atoms with Crippen molar-refractivity contribution in [2.24, 2.45) is 5.10 Å². The normalized spacial score (nSPS) is 17.8. The number of hydrogen-bond donors (Lipinski definition) is 3. The monoisotopic (exact) mass is 413 g/mol. The van der Waals surface area contributed by atoms with Crippen molar-refractivity contribution >= 4 is 36.1 Å². The largest absolute Gasteiger partial charge is 0.506 e. The average Bonchev–Trinajstić information content (AvgIpc) is 3.15. The number of rotatable bonds is 7. The number of aryl methyl sites for hydroxylation is 1. The summed E-state index contributed by atoms with van der Waals surface area (Å²) in [6, 6.07) is 3.18. The van der Waals surface area contributed by atoms with Crippen LogP contribution in [0.3, 0.4) is 0 Å². The molecule has 0 fully saturated rings. The fourth-order valence-corrected chi connectivity index (χ4v) is 3.05. The van der Waals surface area contributed by atoms with Crippen molar-refractivity contribution < 1.29 is 19.4 Å². The van der Waals surface area contributed by atoms with Crippen LogP contribution in [0, 0.1) is 6.92 Å². The van der Waals surface area contributed by atoms with E-state index in [1.165, 1.54) is 12.2 Å². The maximum absolute atomic E-state index is 12.0. The number of esters is 1. The molecule has 1 heterocycles. The highest BCUT2D eigenvalue weighted by Crippen LogP contribution is 2.33. The highest BCUT2D eigenvalue weighted by molar-refractivity contribution is 7.80. The maximum Gasteiger partial charge on any atom is 0.339 e. The number of allylic oxidation sites excluding steroid dienone is 3. The Hall–Kier alpha value is -2.97. The minimum atomic E-state index is -0.456. The Balaban J connectivity index is 1.83. The molecule has 0 amide bonds. The van der Waals surface area contributed by atoms with Crippen LogP contribution >= 0.6 is 12.6 Å². The summed E-state index contributed by atoms with van der Waals surface area (Å²) in [4.78, 5) is 12.0. The smallest absolute Gasteiger partial charge is 0.339 e. The van der Waals surface area contributed by atoms with Gasteiger partial charge in [0.2, 0.25) is 0 Å². The zero-order valence-corrected chi connectivity index (χ0v) is 17.1. The van der Waals surface area contributed by atoms with E-state index in [1.54, 1.807) is 24.3 Å². The van der Waals surface area contributed by atoms with E-state index in [0.717, 1.165) is 11.1 Å². The standard InChI is InChI=1S/C21H23N3O4S/c1-13-11-18(19(25)12-15(13)8-7-14(2)28-9-10-29)24-22-17-6-4-5-16(20(17)23-24)21(26)27-3/h4-8,11-12,17,22,25,29H,2,9-10H2,1,3H3/b8-7-. The molecule has 1 atom stereocenters. The second kappa shape index (κ2) is 9.02. The van der Waals surface area contributed by atoms with Crippen molar-refractivity contribution in [3.8, 4) is 5.75 Å². The summed E-state index contributed by atoms with van der Waals surface area (Å²) in [5, 5.41) is 16.5. The molecular formula is C21H23N3O4S. The van der Waals surface area contributed by atoms with Crippen LogP contribution in [-0.4, -0.2) is 42.3 Å². The van der Waals surface area contributed by atoms with Crippen LogP contribution in [0.5, 0.6) is 5.75 Å². The Morgan fingerprint density at radius 2 is 2.28 bits per heavy atom. The van der Waals surface area contributed by atoms with Crippen LogP contribution in [0.1, 0.15) is 11.1 Å². The van der Waals surface area contributed by atoms with Crippen LogP contribution in [0.15, 0.2) is 59.4 Å². The van der Waals surface area contributed by atoms with Gasteiger partial charge in [-0.05, 0) is 42.3 Å².